The SMILES string of the molecule is C=CC[C@@]1(C)C[C@H](c2cccc(Cl)c2)C(c2ccc(Cl)cc2)N([C@@H](CC)CC(C)(O)C(F)(F)F)C1=O. The number of amides is 1. The van der Waals surface area contributed by atoms with Crippen LogP contribution in [0.1, 0.15) is 69.5 Å². The molecule has 1 N–H and O–H groups in total. The Balaban J connectivity index is 2.24. The second-order valence-electron chi connectivity index (χ2n) is 10.2. The summed E-state index contributed by atoms with van der Waals surface area (Å²) in [6, 6.07) is 12.9. The minimum atomic E-state index is -4.84. The van der Waals surface area contributed by atoms with Gasteiger partial charge in [-0.15, -0.1) is 6.58 Å². The van der Waals surface area contributed by atoms with Crippen LogP contribution in [0.2, 0.25) is 10.0 Å². The fourth-order valence-electron chi connectivity index (χ4n) is 5.30. The summed E-state index contributed by atoms with van der Waals surface area (Å²) >= 11 is 12.5. The molecular formula is C28H32Cl2F3NO2. The van der Waals surface area contributed by atoms with E-state index in [0.717, 1.165) is 18.1 Å². The molecule has 3 nitrogen and oxygen atoms in total. The van der Waals surface area contributed by atoms with Gasteiger partial charge in [0.25, 0.3) is 0 Å². The molecule has 196 valence electrons. The molecule has 1 aliphatic heterocycles. The Morgan fingerprint density at radius 2 is 1.81 bits per heavy atom. The maximum Gasteiger partial charge on any atom is 0.416 e. The molecular weight excluding hydrogens is 510 g/mol. The van der Waals surface area contributed by atoms with Crippen LogP contribution >= 0.6 is 23.2 Å². The number of allylic oxidation sites excluding steroid dienone is 1. The number of benzene rings is 2. The molecule has 1 aliphatic rings. The molecule has 1 amide bonds. The first kappa shape index (κ1) is 28.5. The molecule has 2 unspecified atom stereocenters. The highest BCUT2D eigenvalue weighted by Gasteiger charge is 2.55. The Bertz CT molecular complexity index is 1090. The van der Waals surface area contributed by atoms with E-state index in [2.05, 4.69) is 6.58 Å². The first-order chi connectivity index (χ1) is 16.7. The molecule has 1 heterocycles. The number of halogens is 5. The number of hydrogen-bond donors (Lipinski definition) is 1. The highest BCUT2D eigenvalue weighted by molar-refractivity contribution is 6.30. The summed E-state index contributed by atoms with van der Waals surface area (Å²) < 4.78 is 41.2. The van der Waals surface area contributed by atoms with Crippen LogP contribution in [0.3, 0.4) is 0 Å². The smallest absolute Gasteiger partial charge is 0.381 e. The van der Waals surface area contributed by atoms with Crippen molar-refractivity contribution in [3.05, 3.63) is 82.4 Å². The number of nitrogens with zero attached hydrogens (tertiary/aromatic N) is 1. The van der Waals surface area contributed by atoms with Crippen molar-refractivity contribution >= 4 is 29.1 Å². The van der Waals surface area contributed by atoms with Crippen molar-refractivity contribution < 1.29 is 23.1 Å². The summed E-state index contributed by atoms with van der Waals surface area (Å²) in [5.74, 6) is -0.525. The fraction of sp³-hybridized carbons (Fsp3) is 0.464. The highest BCUT2D eigenvalue weighted by Crippen LogP contribution is 2.53. The third-order valence-corrected chi connectivity index (χ3v) is 7.78. The van der Waals surface area contributed by atoms with Gasteiger partial charge >= 0.3 is 6.18 Å². The molecule has 36 heavy (non-hydrogen) atoms. The van der Waals surface area contributed by atoms with Crippen molar-refractivity contribution in [1.82, 2.24) is 4.90 Å². The van der Waals surface area contributed by atoms with E-state index >= 15 is 0 Å². The first-order valence-electron chi connectivity index (χ1n) is 12.0. The molecule has 0 aliphatic carbocycles. The summed E-state index contributed by atoms with van der Waals surface area (Å²) in [5.41, 5.74) is -2.22. The summed E-state index contributed by atoms with van der Waals surface area (Å²) in [6.45, 7) is 8.14. The van der Waals surface area contributed by atoms with Crippen LogP contribution in [0.15, 0.2) is 61.2 Å². The van der Waals surface area contributed by atoms with E-state index in [1.54, 1.807) is 48.2 Å². The van der Waals surface area contributed by atoms with Gasteiger partial charge in [0.15, 0.2) is 5.60 Å². The number of hydrogen-bond acceptors (Lipinski definition) is 2. The van der Waals surface area contributed by atoms with E-state index in [4.69, 9.17) is 23.2 Å². The standard InChI is InChI=1S/C28H32Cl2F3NO2/c1-5-14-26(3)17-23(19-8-7-9-21(30)15-19)24(18-10-12-20(29)13-11-18)34(25(26)35)22(6-2)16-27(4,36)28(31,32)33/h5,7-13,15,22-24,36H,1,6,14,16-17H2,2-4H3/t22-,23+,24?,26-,27?/m0/s1. The van der Waals surface area contributed by atoms with Gasteiger partial charge in [0, 0.05) is 28.4 Å². The van der Waals surface area contributed by atoms with Gasteiger partial charge in [0.2, 0.25) is 5.91 Å². The Hall–Kier alpha value is -2.02. The molecule has 2 aromatic carbocycles. The van der Waals surface area contributed by atoms with Crippen molar-refractivity contribution in [2.45, 2.75) is 76.2 Å². The van der Waals surface area contributed by atoms with Crippen LogP contribution in [0.4, 0.5) is 13.2 Å². The Kier molecular flexibility index (Phi) is 8.54. The second-order valence-corrected chi connectivity index (χ2v) is 11.0. The van der Waals surface area contributed by atoms with Crippen molar-refractivity contribution in [3.8, 4) is 0 Å². The molecule has 3 rings (SSSR count). The van der Waals surface area contributed by atoms with Crippen molar-refractivity contribution in [2.75, 3.05) is 0 Å². The van der Waals surface area contributed by atoms with Crippen molar-refractivity contribution in [3.63, 3.8) is 0 Å². The van der Waals surface area contributed by atoms with Crippen molar-refractivity contribution in [2.24, 2.45) is 5.41 Å². The molecule has 0 saturated carbocycles. The van der Waals surface area contributed by atoms with Gasteiger partial charge in [-0.1, -0.05) is 67.4 Å². The summed E-state index contributed by atoms with van der Waals surface area (Å²) in [5, 5.41) is 11.4. The predicted octanol–water partition coefficient (Wildman–Crippen LogP) is 8.12. The molecule has 1 saturated heterocycles. The molecule has 2 aromatic rings. The third kappa shape index (κ3) is 5.76. The molecule has 0 spiro atoms. The zero-order valence-electron chi connectivity index (χ0n) is 20.7. The second kappa shape index (κ2) is 10.8. The number of aliphatic hydroxyl groups is 1. The zero-order chi connectivity index (χ0) is 26.9. The Labute approximate surface area is 220 Å². The average Bonchev–Trinajstić information content (AvgIpc) is 2.79. The van der Waals surface area contributed by atoms with Crippen LogP contribution in [0.5, 0.6) is 0 Å². The fourth-order valence-corrected chi connectivity index (χ4v) is 5.63. The summed E-state index contributed by atoms with van der Waals surface area (Å²) in [4.78, 5) is 15.7. The van der Waals surface area contributed by atoms with Gasteiger partial charge in [0.05, 0.1) is 11.5 Å². The monoisotopic (exact) mass is 541 g/mol. The van der Waals surface area contributed by atoms with E-state index in [9.17, 15) is 23.1 Å². The van der Waals surface area contributed by atoms with E-state index in [1.165, 1.54) is 0 Å². The molecule has 0 radical (unpaired) electrons. The normalized spacial score (nSPS) is 25.4. The van der Waals surface area contributed by atoms with Crippen LogP contribution < -0.4 is 0 Å². The van der Waals surface area contributed by atoms with Gasteiger partial charge in [-0.25, -0.2) is 0 Å². The van der Waals surface area contributed by atoms with Gasteiger partial charge in [-0.2, -0.15) is 13.2 Å². The lowest BCUT2D eigenvalue weighted by atomic mass is 9.66. The summed E-state index contributed by atoms with van der Waals surface area (Å²) in [6.07, 6.45) is -2.77. The lowest BCUT2D eigenvalue weighted by Gasteiger charge is -2.53. The highest BCUT2D eigenvalue weighted by atomic mass is 35.5. The number of carbonyl (C=O) groups excluding carboxylic acids is 1. The summed E-state index contributed by atoms with van der Waals surface area (Å²) in [7, 11) is 0. The van der Waals surface area contributed by atoms with E-state index < -0.39 is 35.7 Å². The number of rotatable bonds is 8. The minimum Gasteiger partial charge on any atom is -0.381 e. The lowest BCUT2D eigenvalue weighted by Crippen LogP contribution is -2.58. The quantitative estimate of drug-likeness (QED) is 0.343. The van der Waals surface area contributed by atoms with Crippen LogP contribution in [0, 0.1) is 5.41 Å². The topological polar surface area (TPSA) is 40.5 Å². The molecule has 5 atom stereocenters. The molecule has 8 heteroatoms. The number of piperidine rings is 1. The zero-order valence-corrected chi connectivity index (χ0v) is 22.2. The van der Waals surface area contributed by atoms with E-state index in [0.29, 0.717) is 22.9 Å². The molecule has 0 bridgehead atoms. The van der Waals surface area contributed by atoms with E-state index in [1.807, 2.05) is 25.1 Å². The van der Waals surface area contributed by atoms with Gasteiger partial charge in [-0.3, -0.25) is 4.79 Å². The van der Waals surface area contributed by atoms with Gasteiger partial charge < -0.3 is 10.0 Å². The van der Waals surface area contributed by atoms with Crippen LogP contribution in [-0.2, 0) is 4.79 Å². The lowest BCUT2D eigenvalue weighted by molar-refractivity contribution is -0.259. The number of carbonyl (C=O) groups is 1. The largest absolute Gasteiger partial charge is 0.416 e. The van der Waals surface area contributed by atoms with Crippen molar-refractivity contribution in [1.29, 1.82) is 0 Å². The molecule has 0 aromatic heterocycles. The minimum absolute atomic E-state index is 0.231. The van der Waals surface area contributed by atoms with E-state index in [-0.39, 0.29) is 18.2 Å². The Morgan fingerprint density at radius 3 is 2.33 bits per heavy atom. The van der Waals surface area contributed by atoms with Crippen LogP contribution in [0.25, 0.3) is 0 Å². The Morgan fingerprint density at radius 1 is 1.17 bits per heavy atom. The maximum absolute atomic E-state index is 14.1. The van der Waals surface area contributed by atoms with Gasteiger partial charge in [0.1, 0.15) is 0 Å². The average molecular weight is 542 g/mol. The molecule has 1 fully saturated rings. The number of likely N-dealkylation sites (tertiary alicyclic amines) is 1. The van der Waals surface area contributed by atoms with Crippen LogP contribution in [-0.4, -0.2) is 33.7 Å². The van der Waals surface area contributed by atoms with Gasteiger partial charge in [-0.05, 0) is 61.6 Å². The third-order valence-electron chi connectivity index (χ3n) is 7.29. The number of alkyl halides is 3. The maximum atomic E-state index is 14.1. The predicted molar refractivity (Wildman–Crippen MR) is 138 cm³/mol. The first-order valence-corrected chi connectivity index (χ1v) is 12.7.